The smallest absolute Gasteiger partial charge is 0.315 e. The van der Waals surface area contributed by atoms with E-state index >= 15 is 0 Å². The number of ether oxygens (including phenoxy) is 1. The summed E-state index contributed by atoms with van der Waals surface area (Å²) in [6, 6.07) is 9.36. The van der Waals surface area contributed by atoms with E-state index in [9.17, 15) is 9.59 Å². The van der Waals surface area contributed by atoms with E-state index in [0.29, 0.717) is 33.4 Å². The normalized spacial score (nSPS) is 11.0. The van der Waals surface area contributed by atoms with Gasteiger partial charge in [0.2, 0.25) is 0 Å². The van der Waals surface area contributed by atoms with E-state index in [2.05, 4.69) is 9.97 Å². The molecule has 0 spiro atoms. The van der Waals surface area contributed by atoms with E-state index in [1.54, 1.807) is 6.92 Å². The Morgan fingerprint density at radius 3 is 2.84 bits per heavy atom. The monoisotopic (exact) mass is 394 g/mol. The third-order valence-electron chi connectivity index (χ3n) is 3.32. The van der Waals surface area contributed by atoms with Gasteiger partial charge in [-0.05, 0) is 30.7 Å². The number of halogens is 1. The molecule has 0 bridgehead atoms. The first-order valence-electron chi connectivity index (χ1n) is 7.59. The van der Waals surface area contributed by atoms with Crippen LogP contribution in [-0.4, -0.2) is 28.3 Å². The van der Waals surface area contributed by atoms with Crippen LogP contribution in [0.2, 0.25) is 5.02 Å². The largest absolute Gasteiger partial charge is 0.465 e. The zero-order chi connectivity index (χ0) is 17.8. The predicted molar refractivity (Wildman–Crippen MR) is 103 cm³/mol. The minimum Gasteiger partial charge on any atom is -0.465 e. The maximum Gasteiger partial charge on any atom is 0.315 e. The Morgan fingerprint density at radius 2 is 2.12 bits per heavy atom. The third kappa shape index (κ3) is 4.42. The van der Waals surface area contributed by atoms with Crippen molar-refractivity contribution in [3.05, 3.63) is 51.5 Å². The van der Waals surface area contributed by atoms with Gasteiger partial charge < -0.3 is 9.72 Å². The number of nitrogens with zero attached hydrogens (tertiary/aromatic N) is 1. The van der Waals surface area contributed by atoms with Crippen LogP contribution in [0.3, 0.4) is 0 Å². The van der Waals surface area contributed by atoms with Crippen LogP contribution in [0, 0.1) is 0 Å². The van der Waals surface area contributed by atoms with E-state index < -0.39 is 0 Å². The van der Waals surface area contributed by atoms with Gasteiger partial charge in [0.05, 0.1) is 23.6 Å². The highest BCUT2D eigenvalue weighted by Gasteiger charge is 2.11. The number of carbonyl (C=O) groups is 1. The van der Waals surface area contributed by atoms with E-state index in [4.69, 9.17) is 16.3 Å². The third-order valence-corrected chi connectivity index (χ3v) is 5.67. The van der Waals surface area contributed by atoms with Crippen LogP contribution in [0.4, 0.5) is 0 Å². The molecule has 0 aliphatic carbocycles. The molecule has 0 saturated carbocycles. The molecule has 0 amide bonds. The lowest BCUT2D eigenvalue weighted by molar-refractivity contribution is -0.139. The maximum absolute atomic E-state index is 12.3. The number of nitrogens with one attached hydrogen (secondary N) is 1. The van der Waals surface area contributed by atoms with Gasteiger partial charge in [0.15, 0.2) is 0 Å². The van der Waals surface area contributed by atoms with Crippen LogP contribution in [-0.2, 0) is 15.3 Å². The summed E-state index contributed by atoms with van der Waals surface area (Å²) < 4.78 is 5.46. The van der Waals surface area contributed by atoms with Crippen molar-refractivity contribution in [3.8, 4) is 10.4 Å². The summed E-state index contributed by atoms with van der Waals surface area (Å²) in [5.41, 5.74) is 1.48. The Balaban J connectivity index is 1.80. The molecule has 5 nitrogen and oxygen atoms in total. The highest BCUT2D eigenvalue weighted by Crippen LogP contribution is 2.31. The molecule has 1 N–H and O–H groups in total. The van der Waals surface area contributed by atoms with Crippen molar-refractivity contribution >= 4 is 50.9 Å². The predicted octanol–water partition coefficient (Wildman–Crippen LogP) is 4.10. The molecule has 25 heavy (non-hydrogen) atoms. The van der Waals surface area contributed by atoms with Crippen molar-refractivity contribution < 1.29 is 9.53 Å². The Labute approximate surface area is 157 Å². The van der Waals surface area contributed by atoms with Gasteiger partial charge in [0.1, 0.15) is 10.5 Å². The molecule has 0 fully saturated rings. The van der Waals surface area contributed by atoms with Crippen LogP contribution in [0.5, 0.6) is 0 Å². The molecule has 3 aromatic rings. The zero-order valence-electron chi connectivity index (χ0n) is 13.4. The SMILES string of the molecule is CCOC(=O)CSCc1nc2cc(-c3ccc(Cl)cc3)sc2c(=O)[nH]1. The molecule has 0 radical (unpaired) electrons. The molecule has 0 atom stereocenters. The van der Waals surface area contributed by atoms with Gasteiger partial charge in [0.25, 0.3) is 5.56 Å². The molecule has 3 rings (SSSR count). The second-order valence-electron chi connectivity index (χ2n) is 5.14. The number of esters is 1. The summed E-state index contributed by atoms with van der Waals surface area (Å²) in [4.78, 5) is 31.9. The zero-order valence-corrected chi connectivity index (χ0v) is 15.8. The van der Waals surface area contributed by atoms with Crippen molar-refractivity contribution in [1.29, 1.82) is 0 Å². The summed E-state index contributed by atoms with van der Waals surface area (Å²) in [7, 11) is 0. The van der Waals surface area contributed by atoms with Crippen molar-refractivity contribution in [2.24, 2.45) is 0 Å². The Kier molecular flexibility index (Phi) is 5.78. The van der Waals surface area contributed by atoms with Crippen LogP contribution in [0.1, 0.15) is 12.7 Å². The van der Waals surface area contributed by atoms with E-state index in [1.807, 2.05) is 30.3 Å². The number of aromatic nitrogens is 2. The van der Waals surface area contributed by atoms with Crippen LogP contribution in [0.25, 0.3) is 20.7 Å². The Bertz CT molecular complexity index is 951. The summed E-state index contributed by atoms with van der Waals surface area (Å²) in [5.74, 6) is 0.953. The van der Waals surface area contributed by atoms with Crippen molar-refractivity contribution in [3.63, 3.8) is 0 Å². The number of thiophene rings is 1. The number of aromatic amines is 1. The molecule has 130 valence electrons. The standard InChI is InChI=1S/C17H15ClN2O3S2/c1-2-23-15(21)9-24-8-14-19-12-7-13(25-16(12)17(22)20-14)10-3-5-11(18)6-4-10/h3-7H,2,8-9H2,1H3,(H,19,20,22). The summed E-state index contributed by atoms with van der Waals surface area (Å²) in [6.45, 7) is 2.13. The first-order valence-corrected chi connectivity index (χ1v) is 9.93. The minimum absolute atomic E-state index is 0.165. The molecule has 8 heteroatoms. The number of hydrogen-bond acceptors (Lipinski definition) is 6. The minimum atomic E-state index is -0.267. The molecule has 2 heterocycles. The molecule has 0 unspecified atom stereocenters. The lowest BCUT2D eigenvalue weighted by Crippen LogP contribution is -2.11. The van der Waals surface area contributed by atoms with Crippen molar-refractivity contribution in [2.45, 2.75) is 12.7 Å². The molecular weight excluding hydrogens is 380 g/mol. The summed E-state index contributed by atoms with van der Waals surface area (Å²) in [6.07, 6.45) is 0. The average molecular weight is 395 g/mol. The first kappa shape index (κ1) is 18.0. The summed E-state index contributed by atoms with van der Waals surface area (Å²) in [5, 5.41) is 0.668. The van der Waals surface area contributed by atoms with E-state index in [0.717, 1.165) is 10.4 Å². The molecule has 2 aromatic heterocycles. The molecule has 0 aliphatic heterocycles. The first-order chi connectivity index (χ1) is 12.1. The number of benzene rings is 1. The van der Waals surface area contributed by atoms with Crippen LogP contribution >= 0.6 is 34.7 Å². The number of H-pyrrole nitrogens is 1. The molecule has 1 aromatic carbocycles. The van der Waals surface area contributed by atoms with Gasteiger partial charge in [-0.25, -0.2) is 4.98 Å². The van der Waals surface area contributed by atoms with Crippen molar-refractivity contribution in [2.75, 3.05) is 12.4 Å². The maximum atomic E-state index is 12.3. The topological polar surface area (TPSA) is 72.0 Å². The van der Waals surface area contributed by atoms with Gasteiger partial charge in [0, 0.05) is 9.90 Å². The van der Waals surface area contributed by atoms with Gasteiger partial charge in [-0.15, -0.1) is 23.1 Å². The Hall–Kier alpha value is -1.83. The molecule has 0 saturated heterocycles. The fourth-order valence-corrected chi connectivity index (χ4v) is 4.05. The molecular formula is C17H15ClN2O3S2. The number of thioether (sulfide) groups is 1. The second kappa shape index (κ2) is 8.03. The molecule has 0 aliphatic rings. The lowest BCUT2D eigenvalue weighted by Gasteiger charge is -2.02. The van der Waals surface area contributed by atoms with E-state index in [-0.39, 0.29) is 17.3 Å². The van der Waals surface area contributed by atoms with E-state index in [1.165, 1.54) is 23.1 Å². The van der Waals surface area contributed by atoms with Gasteiger partial charge in [-0.2, -0.15) is 0 Å². The van der Waals surface area contributed by atoms with Crippen LogP contribution in [0.15, 0.2) is 35.1 Å². The fraction of sp³-hybridized carbons (Fsp3) is 0.235. The quantitative estimate of drug-likeness (QED) is 0.637. The van der Waals surface area contributed by atoms with Crippen molar-refractivity contribution in [1.82, 2.24) is 9.97 Å². The van der Waals surface area contributed by atoms with Crippen LogP contribution < -0.4 is 5.56 Å². The number of hydrogen-bond donors (Lipinski definition) is 1. The Morgan fingerprint density at radius 1 is 1.36 bits per heavy atom. The fourth-order valence-electron chi connectivity index (χ4n) is 2.25. The van der Waals surface area contributed by atoms with Gasteiger partial charge in [-0.1, -0.05) is 23.7 Å². The average Bonchev–Trinajstić information content (AvgIpc) is 3.00. The summed E-state index contributed by atoms with van der Waals surface area (Å²) >= 11 is 8.67. The number of fused-ring (bicyclic) bond motifs is 1. The highest BCUT2D eigenvalue weighted by molar-refractivity contribution is 7.99. The highest BCUT2D eigenvalue weighted by atomic mass is 35.5. The van der Waals surface area contributed by atoms with Gasteiger partial charge in [-0.3, -0.25) is 9.59 Å². The van der Waals surface area contributed by atoms with Gasteiger partial charge >= 0.3 is 5.97 Å². The number of rotatable bonds is 6. The number of carbonyl (C=O) groups excluding carboxylic acids is 1. The second-order valence-corrected chi connectivity index (χ2v) is 7.62. The lowest BCUT2D eigenvalue weighted by atomic mass is 10.2.